The summed E-state index contributed by atoms with van der Waals surface area (Å²) in [6.45, 7) is 1.87. The van der Waals surface area contributed by atoms with Crippen molar-refractivity contribution in [3.05, 3.63) is 26.7 Å². The lowest BCUT2D eigenvalue weighted by molar-refractivity contribution is -0.137. The second-order valence-electron chi connectivity index (χ2n) is 3.68. The Balaban J connectivity index is 3.28. The summed E-state index contributed by atoms with van der Waals surface area (Å²) in [7, 11) is 0. The fraction of sp³-hybridized carbons (Fsp3) is 0.364. The molecule has 94 valence electrons. The summed E-state index contributed by atoms with van der Waals surface area (Å²) in [4.78, 5) is 10.8. The minimum absolute atomic E-state index is 0.0446. The van der Waals surface area contributed by atoms with E-state index in [0.717, 1.165) is 0 Å². The third-order valence-corrected chi connectivity index (χ3v) is 3.60. The van der Waals surface area contributed by atoms with Gasteiger partial charge in [-0.3, -0.25) is 4.79 Å². The number of anilines is 1. The maximum atomic E-state index is 10.8. The molecule has 0 saturated heterocycles. The van der Waals surface area contributed by atoms with Crippen molar-refractivity contribution in [3.63, 3.8) is 0 Å². The molecule has 0 amide bonds. The average molecular weight is 297 g/mol. The monoisotopic (exact) mass is 295 g/mol. The van der Waals surface area contributed by atoms with Gasteiger partial charge < -0.3 is 10.8 Å². The van der Waals surface area contributed by atoms with Crippen molar-refractivity contribution in [1.82, 2.24) is 0 Å². The van der Waals surface area contributed by atoms with Crippen LogP contribution in [-0.4, -0.2) is 11.1 Å². The Bertz CT molecular complexity index is 449. The maximum absolute atomic E-state index is 10.8. The molecule has 6 heteroatoms. The van der Waals surface area contributed by atoms with Crippen molar-refractivity contribution in [2.24, 2.45) is 0 Å². The fourth-order valence-corrected chi connectivity index (χ4v) is 2.73. The van der Waals surface area contributed by atoms with Gasteiger partial charge in [-0.05, 0) is 24.0 Å². The highest BCUT2D eigenvalue weighted by atomic mass is 35.5. The second-order valence-corrected chi connectivity index (χ2v) is 4.88. The SMILES string of the molecule is CCC(CC(=O)O)c1c(Cl)cc(Cl)c(N)c1Cl. The van der Waals surface area contributed by atoms with E-state index in [9.17, 15) is 4.79 Å². The van der Waals surface area contributed by atoms with Crippen molar-refractivity contribution >= 4 is 46.5 Å². The molecular weight excluding hydrogens is 284 g/mol. The van der Waals surface area contributed by atoms with E-state index < -0.39 is 5.97 Å². The van der Waals surface area contributed by atoms with Crippen molar-refractivity contribution in [2.75, 3.05) is 5.73 Å². The van der Waals surface area contributed by atoms with Gasteiger partial charge in [-0.1, -0.05) is 41.7 Å². The molecule has 0 aliphatic carbocycles. The number of hydrogen-bond acceptors (Lipinski definition) is 2. The second kappa shape index (κ2) is 5.80. The molecule has 0 saturated carbocycles. The molecule has 0 fully saturated rings. The van der Waals surface area contributed by atoms with E-state index >= 15 is 0 Å². The molecule has 1 aromatic rings. The number of carboxylic acid groups (broad SMARTS) is 1. The minimum Gasteiger partial charge on any atom is -0.481 e. The van der Waals surface area contributed by atoms with Crippen LogP contribution in [0.2, 0.25) is 15.1 Å². The minimum atomic E-state index is -0.905. The van der Waals surface area contributed by atoms with Crippen LogP contribution in [0.3, 0.4) is 0 Å². The van der Waals surface area contributed by atoms with Gasteiger partial charge in [0.2, 0.25) is 0 Å². The molecule has 17 heavy (non-hydrogen) atoms. The first-order valence-corrected chi connectivity index (χ1v) is 6.16. The van der Waals surface area contributed by atoms with Crippen molar-refractivity contribution in [3.8, 4) is 0 Å². The van der Waals surface area contributed by atoms with Crippen LogP contribution in [0.5, 0.6) is 0 Å². The molecule has 0 heterocycles. The maximum Gasteiger partial charge on any atom is 0.303 e. The highest BCUT2D eigenvalue weighted by Crippen LogP contribution is 2.41. The van der Waals surface area contributed by atoms with E-state index in [1.165, 1.54) is 6.07 Å². The zero-order chi connectivity index (χ0) is 13.2. The Kier molecular flexibility index (Phi) is 4.92. The van der Waals surface area contributed by atoms with Gasteiger partial charge >= 0.3 is 5.97 Å². The van der Waals surface area contributed by atoms with Gasteiger partial charge in [0, 0.05) is 5.02 Å². The molecule has 3 N–H and O–H groups in total. The molecule has 1 unspecified atom stereocenters. The summed E-state index contributed by atoms with van der Waals surface area (Å²) in [6.07, 6.45) is 0.559. The fourth-order valence-electron chi connectivity index (χ4n) is 1.66. The molecule has 0 aliphatic heterocycles. The molecule has 0 aromatic heterocycles. The average Bonchev–Trinajstić information content (AvgIpc) is 2.24. The van der Waals surface area contributed by atoms with Crippen molar-refractivity contribution < 1.29 is 9.90 Å². The zero-order valence-corrected chi connectivity index (χ0v) is 11.4. The summed E-state index contributed by atoms with van der Waals surface area (Å²) in [5, 5.41) is 9.71. The van der Waals surface area contributed by atoms with Gasteiger partial charge in [0.05, 0.1) is 22.2 Å². The van der Waals surface area contributed by atoms with Gasteiger partial charge in [0.25, 0.3) is 0 Å². The van der Waals surface area contributed by atoms with Crippen LogP contribution >= 0.6 is 34.8 Å². The summed E-state index contributed by atoms with van der Waals surface area (Å²) >= 11 is 18.0. The van der Waals surface area contributed by atoms with E-state index in [0.29, 0.717) is 17.0 Å². The van der Waals surface area contributed by atoms with Gasteiger partial charge in [-0.2, -0.15) is 0 Å². The van der Waals surface area contributed by atoms with Crippen LogP contribution in [0.25, 0.3) is 0 Å². The molecule has 0 spiro atoms. The zero-order valence-electron chi connectivity index (χ0n) is 9.14. The summed E-state index contributed by atoms with van der Waals surface area (Å²) < 4.78 is 0. The van der Waals surface area contributed by atoms with Crippen LogP contribution < -0.4 is 5.73 Å². The lowest BCUT2D eigenvalue weighted by Crippen LogP contribution is -2.08. The summed E-state index contributed by atoms with van der Waals surface area (Å²) in [6, 6.07) is 1.49. The standard InChI is InChI=1S/C11H12Cl3NO2/c1-2-5(3-8(16)17)9-6(12)4-7(13)11(15)10(9)14/h4-5H,2-3,15H2,1H3,(H,16,17). The van der Waals surface area contributed by atoms with Crippen molar-refractivity contribution in [2.45, 2.75) is 25.7 Å². The predicted molar refractivity (Wildman–Crippen MR) is 71.2 cm³/mol. The van der Waals surface area contributed by atoms with E-state index in [1.807, 2.05) is 6.92 Å². The number of benzene rings is 1. The Morgan fingerprint density at radius 1 is 1.41 bits per heavy atom. The Hall–Kier alpha value is -0.640. The van der Waals surface area contributed by atoms with Crippen LogP contribution in [-0.2, 0) is 4.79 Å². The van der Waals surface area contributed by atoms with Gasteiger partial charge in [0.15, 0.2) is 0 Å². The summed E-state index contributed by atoms with van der Waals surface area (Å²) in [5.74, 6) is -1.18. The van der Waals surface area contributed by atoms with E-state index in [1.54, 1.807) is 0 Å². The molecule has 1 rings (SSSR count). The number of hydrogen-bond donors (Lipinski definition) is 2. The summed E-state index contributed by atoms with van der Waals surface area (Å²) in [5.41, 5.74) is 6.49. The highest BCUT2D eigenvalue weighted by molar-refractivity contribution is 6.42. The van der Waals surface area contributed by atoms with Crippen LogP contribution in [0.4, 0.5) is 5.69 Å². The van der Waals surface area contributed by atoms with Gasteiger partial charge in [-0.25, -0.2) is 0 Å². The van der Waals surface area contributed by atoms with E-state index in [-0.39, 0.29) is 28.1 Å². The molecule has 0 bridgehead atoms. The predicted octanol–water partition coefficient (Wildman–Crippen LogP) is 4.20. The first-order valence-electron chi connectivity index (χ1n) is 5.03. The first-order chi connectivity index (χ1) is 7.88. The highest BCUT2D eigenvalue weighted by Gasteiger charge is 2.22. The smallest absolute Gasteiger partial charge is 0.303 e. The van der Waals surface area contributed by atoms with Crippen molar-refractivity contribution in [1.29, 1.82) is 0 Å². The van der Waals surface area contributed by atoms with E-state index in [4.69, 9.17) is 45.6 Å². The molecule has 1 aromatic carbocycles. The molecule has 0 radical (unpaired) electrons. The van der Waals surface area contributed by atoms with Crippen LogP contribution in [0.1, 0.15) is 31.2 Å². The third kappa shape index (κ3) is 3.18. The number of rotatable bonds is 4. The van der Waals surface area contributed by atoms with Crippen LogP contribution in [0.15, 0.2) is 6.07 Å². The molecule has 3 nitrogen and oxygen atoms in total. The normalized spacial score (nSPS) is 12.5. The number of carbonyl (C=O) groups is 1. The first kappa shape index (κ1) is 14.4. The van der Waals surface area contributed by atoms with Gasteiger partial charge in [-0.15, -0.1) is 0 Å². The topological polar surface area (TPSA) is 63.3 Å². The number of aliphatic carboxylic acids is 1. The van der Waals surface area contributed by atoms with E-state index in [2.05, 4.69) is 0 Å². The molecular formula is C11H12Cl3NO2. The molecule has 0 aliphatic rings. The lowest BCUT2D eigenvalue weighted by atomic mass is 9.92. The Morgan fingerprint density at radius 2 is 2.00 bits per heavy atom. The largest absolute Gasteiger partial charge is 0.481 e. The molecule has 1 atom stereocenters. The quantitative estimate of drug-likeness (QED) is 0.819. The lowest BCUT2D eigenvalue weighted by Gasteiger charge is -2.18. The Labute approximate surface area is 114 Å². The number of nitrogens with two attached hydrogens (primary N) is 1. The van der Waals surface area contributed by atoms with Crippen LogP contribution in [0, 0.1) is 0 Å². The number of halogens is 3. The number of carboxylic acids is 1. The third-order valence-electron chi connectivity index (χ3n) is 2.56. The Morgan fingerprint density at radius 3 is 2.47 bits per heavy atom. The number of nitrogen functional groups attached to an aromatic ring is 1. The van der Waals surface area contributed by atoms with Gasteiger partial charge in [0.1, 0.15) is 0 Å².